The first-order valence-corrected chi connectivity index (χ1v) is 7.12. The summed E-state index contributed by atoms with van der Waals surface area (Å²) in [5.41, 5.74) is 0.993. The van der Waals surface area contributed by atoms with Gasteiger partial charge < -0.3 is 9.84 Å². The SMILES string of the molecule is CCOc1ccc(C(O)C2CCCC2)cc1Br. The maximum atomic E-state index is 10.3. The Hall–Kier alpha value is -0.540. The predicted octanol–water partition coefficient (Wildman–Crippen LogP) is 4.07. The number of ether oxygens (including phenoxy) is 1. The molecule has 0 radical (unpaired) electrons. The van der Waals surface area contributed by atoms with Gasteiger partial charge in [0.15, 0.2) is 0 Å². The first-order chi connectivity index (χ1) is 8.22. The fourth-order valence-corrected chi connectivity index (χ4v) is 3.03. The van der Waals surface area contributed by atoms with E-state index in [0.29, 0.717) is 12.5 Å². The molecule has 1 aliphatic rings. The van der Waals surface area contributed by atoms with Crippen molar-refractivity contribution in [1.82, 2.24) is 0 Å². The molecule has 2 nitrogen and oxygen atoms in total. The van der Waals surface area contributed by atoms with Crippen molar-refractivity contribution in [3.05, 3.63) is 28.2 Å². The highest BCUT2D eigenvalue weighted by molar-refractivity contribution is 9.10. The lowest BCUT2D eigenvalue weighted by molar-refractivity contribution is 0.111. The second-order valence-electron chi connectivity index (χ2n) is 4.61. The van der Waals surface area contributed by atoms with Crippen LogP contribution in [0.5, 0.6) is 5.75 Å². The molecule has 17 heavy (non-hydrogen) atoms. The van der Waals surface area contributed by atoms with Gasteiger partial charge in [0.05, 0.1) is 17.2 Å². The number of aliphatic hydroxyl groups is 1. The van der Waals surface area contributed by atoms with Crippen LogP contribution in [0.25, 0.3) is 0 Å². The van der Waals surface area contributed by atoms with Crippen LogP contribution in [0.4, 0.5) is 0 Å². The second-order valence-corrected chi connectivity index (χ2v) is 5.47. The van der Waals surface area contributed by atoms with Crippen LogP contribution in [-0.4, -0.2) is 11.7 Å². The van der Waals surface area contributed by atoms with Crippen molar-refractivity contribution in [3.63, 3.8) is 0 Å². The Bertz CT molecular complexity index is 372. The van der Waals surface area contributed by atoms with Crippen LogP contribution in [0.15, 0.2) is 22.7 Å². The molecule has 1 aromatic carbocycles. The summed E-state index contributed by atoms with van der Waals surface area (Å²) in [4.78, 5) is 0. The topological polar surface area (TPSA) is 29.5 Å². The van der Waals surface area contributed by atoms with Gasteiger partial charge >= 0.3 is 0 Å². The molecule has 3 heteroatoms. The summed E-state index contributed by atoms with van der Waals surface area (Å²) < 4.78 is 6.39. The number of hydrogen-bond donors (Lipinski definition) is 1. The van der Waals surface area contributed by atoms with Crippen LogP contribution >= 0.6 is 15.9 Å². The van der Waals surface area contributed by atoms with E-state index in [0.717, 1.165) is 28.6 Å². The van der Waals surface area contributed by atoms with E-state index in [1.165, 1.54) is 12.8 Å². The van der Waals surface area contributed by atoms with E-state index in [9.17, 15) is 5.11 Å². The minimum absolute atomic E-state index is 0.329. The van der Waals surface area contributed by atoms with Crippen molar-refractivity contribution in [3.8, 4) is 5.75 Å². The van der Waals surface area contributed by atoms with Gasteiger partial charge in [0.25, 0.3) is 0 Å². The first-order valence-electron chi connectivity index (χ1n) is 6.32. The molecule has 94 valence electrons. The molecule has 0 aromatic heterocycles. The minimum Gasteiger partial charge on any atom is -0.493 e. The van der Waals surface area contributed by atoms with Crippen LogP contribution in [0, 0.1) is 5.92 Å². The molecule has 1 aliphatic carbocycles. The van der Waals surface area contributed by atoms with Crippen molar-refractivity contribution in [1.29, 1.82) is 0 Å². The van der Waals surface area contributed by atoms with E-state index in [1.54, 1.807) is 0 Å². The van der Waals surface area contributed by atoms with Gasteiger partial charge in [-0.25, -0.2) is 0 Å². The quantitative estimate of drug-likeness (QED) is 0.908. The summed E-state index contributed by atoms with van der Waals surface area (Å²) in [7, 11) is 0. The zero-order chi connectivity index (χ0) is 12.3. The number of aliphatic hydroxyl groups excluding tert-OH is 1. The van der Waals surface area contributed by atoms with Gasteiger partial charge in [0, 0.05) is 0 Å². The molecule has 1 saturated carbocycles. The number of rotatable bonds is 4. The molecule has 0 saturated heterocycles. The largest absolute Gasteiger partial charge is 0.493 e. The molecular formula is C14H19BrO2. The Labute approximate surface area is 111 Å². The fourth-order valence-electron chi connectivity index (χ4n) is 2.52. The molecule has 2 rings (SSSR count). The molecule has 1 unspecified atom stereocenters. The van der Waals surface area contributed by atoms with E-state index in [1.807, 2.05) is 25.1 Å². The molecular weight excluding hydrogens is 280 g/mol. The normalized spacial score (nSPS) is 18.3. The summed E-state index contributed by atoms with van der Waals surface area (Å²) in [6.45, 7) is 2.62. The summed E-state index contributed by atoms with van der Waals surface area (Å²) in [6, 6.07) is 5.88. The van der Waals surface area contributed by atoms with Crippen molar-refractivity contribution in [2.75, 3.05) is 6.61 Å². The van der Waals surface area contributed by atoms with E-state index in [2.05, 4.69) is 15.9 Å². The van der Waals surface area contributed by atoms with Gasteiger partial charge in [0.1, 0.15) is 5.75 Å². The zero-order valence-corrected chi connectivity index (χ0v) is 11.7. The molecule has 0 spiro atoms. The van der Waals surface area contributed by atoms with Gasteiger partial charge in [-0.15, -0.1) is 0 Å². The molecule has 1 fully saturated rings. The second kappa shape index (κ2) is 5.87. The highest BCUT2D eigenvalue weighted by atomic mass is 79.9. The van der Waals surface area contributed by atoms with Crippen LogP contribution in [0.1, 0.15) is 44.3 Å². The third kappa shape index (κ3) is 3.02. The molecule has 0 aliphatic heterocycles. The summed E-state index contributed by atoms with van der Waals surface area (Å²) in [6.07, 6.45) is 4.46. The molecule has 1 aromatic rings. The Morgan fingerprint density at radius 3 is 2.71 bits per heavy atom. The average molecular weight is 299 g/mol. The average Bonchev–Trinajstić information content (AvgIpc) is 2.84. The molecule has 1 atom stereocenters. The highest BCUT2D eigenvalue weighted by Crippen LogP contribution is 2.37. The zero-order valence-electron chi connectivity index (χ0n) is 10.2. The van der Waals surface area contributed by atoms with Crippen molar-refractivity contribution >= 4 is 15.9 Å². The fraction of sp³-hybridized carbons (Fsp3) is 0.571. The monoisotopic (exact) mass is 298 g/mol. The van der Waals surface area contributed by atoms with Crippen molar-refractivity contribution in [2.24, 2.45) is 5.92 Å². The molecule has 1 N–H and O–H groups in total. The summed E-state index contributed by atoms with van der Waals surface area (Å²) >= 11 is 3.49. The lowest BCUT2D eigenvalue weighted by Gasteiger charge is -2.19. The predicted molar refractivity (Wildman–Crippen MR) is 72.2 cm³/mol. The van der Waals surface area contributed by atoms with Crippen molar-refractivity contribution in [2.45, 2.75) is 38.7 Å². The maximum Gasteiger partial charge on any atom is 0.133 e. The maximum absolute atomic E-state index is 10.3. The summed E-state index contributed by atoms with van der Waals surface area (Å²) in [5.74, 6) is 1.27. The van der Waals surface area contributed by atoms with E-state index in [4.69, 9.17) is 4.74 Å². The molecule has 0 heterocycles. The summed E-state index contributed by atoms with van der Waals surface area (Å²) in [5, 5.41) is 10.3. The number of hydrogen-bond acceptors (Lipinski definition) is 2. The smallest absolute Gasteiger partial charge is 0.133 e. The lowest BCUT2D eigenvalue weighted by atomic mass is 9.94. The Morgan fingerprint density at radius 2 is 2.12 bits per heavy atom. The number of halogens is 1. The first kappa shape index (κ1) is 12.9. The van der Waals surface area contributed by atoms with Crippen LogP contribution < -0.4 is 4.74 Å². The van der Waals surface area contributed by atoms with Gasteiger partial charge in [-0.1, -0.05) is 18.9 Å². The van der Waals surface area contributed by atoms with Crippen molar-refractivity contribution < 1.29 is 9.84 Å². The Kier molecular flexibility index (Phi) is 4.46. The molecule has 0 amide bonds. The number of benzene rings is 1. The third-order valence-corrected chi connectivity index (χ3v) is 4.06. The van der Waals surface area contributed by atoms with E-state index < -0.39 is 0 Å². The van der Waals surface area contributed by atoms with Crippen LogP contribution in [0.2, 0.25) is 0 Å². The van der Waals surface area contributed by atoms with Gasteiger partial charge in [0.2, 0.25) is 0 Å². The van der Waals surface area contributed by atoms with E-state index in [-0.39, 0.29) is 6.10 Å². The minimum atomic E-state index is -0.329. The Balaban J connectivity index is 2.12. The van der Waals surface area contributed by atoms with E-state index >= 15 is 0 Å². The molecule has 0 bridgehead atoms. The van der Waals surface area contributed by atoms with Crippen LogP contribution in [0.3, 0.4) is 0 Å². The third-order valence-electron chi connectivity index (χ3n) is 3.44. The van der Waals surface area contributed by atoms with Crippen LogP contribution in [-0.2, 0) is 0 Å². The standard InChI is InChI=1S/C14H19BrO2/c1-2-17-13-8-7-11(9-12(13)15)14(16)10-5-3-4-6-10/h7-10,14,16H,2-6H2,1H3. The Morgan fingerprint density at radius 1 is 1.41 bits per heavy atom. The van der Waals surface area contributed by atoms with Gasteiger partial charge in [-0.2, -0.15) is 0 Å². The van der Waals surface area contributed by atoms with Gasteiger partial charge in [-0.05, 0) is 59.3 Å². The lowest BCUT2D eigenvalue weighted by Crippen LogP contribution is -2.09. The highest BCUT2D eigenvalue weighted by Gasteiger charge is 2.24. The van der Waals surface area contributed by atoms with Gasteiger partial charge in [-0.3, -0.25) is 0 Å².